The Hall–Kier alpha value is -3.22. The van der Waals surface area contributed by atoms with Crippen LogP contribution in [0.5, 0.6) is 0 Å². The maximum atomic E-state index is 12.6. The van der Waals surface area contributed by atoms with Crippen molar-refractivity contribution in [3.8, 4) is 0 Å². The zero-order chi connectivity index (χ0) is 16.6. The Kier molecular flexibility index (Phi) is 3.53. The standard InChI is InChI=1S/C16H13N3O4/c1-10-15(11-5-2-3-6-12(11)17-10)14(20)9-18-8-4-7-13(16(18)21)19(22)23/h2-8,17H,9H2,1H3. The highest BCUT2D eigenvalue weighted by molar-refractivity contribution is 6.09. The van der Waals surface area contributed by atoms with E-state index in [0.717, 1.165) is 21.5 Å². The molecule has 1 N–H and O–H groups in total. The number of aromatic nitrogens is 2. The predicted molar refractivity (Wildman–Crippen MR) is 84.7 cm³/mol. The van der Waals surface area contributed by atoms with Crippen LogP contribution in [0.15, 0.2) is 47.4 Å². The number of hydrogen-bond donors (Lipinski definition) is 1. The van der Waals surface area contributed by atoms with Gasteiger partial charge in [0, 0.05) is 34.4 Å². The lowest BCUT2D eigenvalue weighted by Crippen LogP contribution is -2.25. The zero-order valence-electron chi connectivity index (χ0n) is 12.3. The van der Waals surface area contributed by atoms with Crippen LogP contribution in [0.1, 0.15) is 16.1 Å². The number of Topliss-reactive ketones (excluding diaryl/α,β-unsaturated/α-hetero) is 1. The summed E-state index contributed by atoms with van der Waals surface area (Å²) in [5.74, 6) is -0.275. The summed E-state index contributed by atoms with van der Waals surface area (Å²) in [6, 6.07) is 9.87. The highest BCUT2D eigenvalue weighted by Crippen LogP contribution is 2.22. The fourth-order valence-corrected chi connectivity index (χ4v) is 2.66. The number of fused-ring (bicyclic) bond motifs is 1. The predicted octanol–water partition coefficient (Wildman–Crippen LogP) is 2.43. The lowest BCUT2D eigenvalue weighted by Gasteiger charge is -2.05. The Balaban J connectivity index is 2.02. The molecule has 23 heavy (non-hydrogen) atoms. The second-order valence-corrected chi connectivity index (χ2v) is 5.18. The van der Waals surface area contributed by atoms with Crippen molar-refractivity contribution in [3.63, 3.8) is 0 Å². The maximum Gasteiger partial charge on any atom is 0.334 e. The lowest BCUT2D eigenvalue weighted by atomic mass is 10.1. The Labute approximate surface area is 130 Å². The summed E-state index contributed by atoms with van der Waals surface area (Å²) in [5.41, 5.74) is 0.702. The third kappa shape index (κ3) is 2.52. The number of nitro groups is 1. The summed E-state index contributed by atoms with van der Waals surface area (Å²) in [7, 11) is 0. The average molecular weight is 311 g/mol. The number of aryl methyl sites for hydroxylation is 1. The molecule has 0 aliphatic carbocycles. The minimum atomic E-state index is -0.789. The number of hydrogen-bond acceptors (Lipinski definition) is 4. The van der Waals surface area contributed by atoms with Gasteiger partial charge in [0.25, 0.3) is 0 Å². The summed E-state index contributed by atoms with van der Waals surface area (Å²) < 4.78 is 1.06. The van der Waals surface area contributed by atoms with Gasteiger partial charge < -0.3 is 9.55 Å². The lowest BCUT2D eigenvalue weighted by molar-refractivity contribution is -0.386. The molecule has 0 aliphatic rings. The third-order valence-corrected chi connectivity index (χ3v) is 3.68. The minimum Gasteiger partial charge on any atom is -0.358 e. The first-order valence-corrected chi connectivity index (χ1v) is 6.93. The molecule has 7 nitrogen and oxygen atoms in total. The van der Waals surface area contributed by atoms with E-state index in [4.69, 9.17) is 0 Å². The molecule has 0 bridgehead atoms. The molecule has 0 saturated heterocycles. The number of nitrogens with one attached hydrogen (secondary N) is 1. The van der Waals surface area contributed by atoms with Gasteiger partial charge in [-0.2, -0.15) is 0 Å². The zero-order valence-corrected chi connectivity index (χ0v) is 12.3. The summed E-state index contributed by atoms with van der Waals surface area (Å²) in [6.45, 7) is 1.53. The molecule has 0 radical (unpaired) electrons. The molecule has 0 spiro atoms. The van der Waals surface area contributed by atoms with Crippen LogP contribution in [0.3, 0.4) is 0 Å². The fraction of sp³-hybridized carbons (Fsp3) is 0.125. The van der Waals surface area contributed by atoms with Gasteiger partial charge >= 0.3 is 11.2 Å². The van der Waals surface area contributed by atoms with Crippen LogP contribution < -0.4 is 5.56 Å². The van der Waals surface area contributed by atoms with E-state index in [1.807, 2.05) is 24.3 Å². The third-order valence-electron chi connectivity index (χ3n) is 3.68. The molecule has 0 atom stereocenters. The molecule has 0 unspecified atom stereocenters. The number of benzene rings is 1. The number of H-pyrrole nitrogens is 1. The van der Waals surface area contributed by atoms with Gasteiger partial charge in [0.15, 0.2) is 5.78 Å². The number of para-hydroxylation sites is 1. The van der Waals surface area contributed by atoms with Crippen LogP contribution in [-0.4, -0.2) is 20.3 Å². The normalized spacial score (nSPS) is 10.8. The largest absolute Gasteiger partial charge is 0.358 e. The number of nitrogens with zero attached hydrogens (tertiary/aromatic N) is 2. The van der Waals surface area contributed by atoms with Crippen LogP contribution in [0.2, 0.25) is 0 Å². The van der Waals surface area contributed by atoms with Gasteiger partial charge in [-0.1, -0.05) is 18.2 Å². The highest BCUT2D eigenvalue weighted by Gasteiger charge is 2.19. The Morgan fingerprint density at radius 3 is 2.74 bits per heavy atom. The number of carbonyl (C=O) groups excluding carboxylic acids is 1. The Bertz CT molecular complexity index is 984. The molecule has 3 rings (SSSR count). The van der Waals surface area contributed by atoms with E-state index in [2.05, 4.69) is 4.98 Å². The van der Waals surface area contributed by atoms with E-state index in [0.29, 0.717) is 11.3 Å². The molecule has 0 aliphatic heterocycles. The van der Waals surface area contributed by atoms with Crippen molar-refractivity contribution in [1.82, 2.24) is 9.55 Å². The Morgan fingerprint density at radius 1 is 1.26 bits per heavy atom. The van der Waals surface area contributed by atoms with Crippen LogP contribution >= 0.6 is 0 Å². The summed E-state index contributed by atoms with van der Waals surface area (Å²) in [6.07, 6.45) is 1.37. The van der Waals surface area contributed by atoms with Gasteiger partial charge in [-0.25, -0.2) is 0 Å². The molecule has 3 aromatic rings. The topological polar surface area (TPSA) is 98.0 Å². The fourth-order valence-electron chi connectivity index (χ4n) is 2.66. The van der Waals surface area contributed by atoms with Crippen molar-refractivity contribution >= 4 is 22.4 Å². The first-order valence-electron chi connectivity index (χ1n) is 6.93. The molecule has 1 aromatic carbocycles. The molecule has 0 amide bonds. The van der Waals surface area contributed by atoms with Gasteiger partial charge in [-0.05, 0) is 19.1 Å². The van der Waals surface area contributed by atoms with Crippen molar-refractivity contribution in [1.29, 1.82) is 0 Å². The van der Waals surface area contributed by atoms with Gasteiger partial charge in [-0.3, -0.25) is 19.7 Å². The van der Waals surface area contributed by atoms with Crippen molar-refractivity contribution in [2.45, 2.75) is 13.5 Å². The summed E-state index contributed by atoms with van der Waals surface area (Å²) >= 11 is 0. The van der Waals surface area contributed by atoms with E-state index >= 15 is 0 Å². The summed E-state index contributed by atoms with van der Waals surface area (Å²) in [5, 5.41) is 11.6. The molecule has 2 heterocycles. The van der Waals surface area contributed by atoms with Crippen molar-refractivity contribution in [3.05, 3.63) is 74.3 Å². The smallest absolute Gasteiger partial charge is 0.334 e. The number of ketones is 1. The van der Waals surface area contributed by atoms with Crippen LogP contribution in [0, 0.1) is 17.0 Å². The van der Waals surface area contributed by atoms with E-state index in [9.17, 15) is 19.7 Å². The van der Waals surface area contributed by atoms with Gasteiger partial charge in [0.05, 0.1) is 11.5 Å². The number of carbonyl (C=O) groups is 1. The van der Waals surface area contributed by atoms with E-state index in [-0.39, 0.29) is 12.3 Å². The van der Waals surface area contributed by atoms with Gasteiger partial charge in [-0.15, -0.1) is 0 Å². The Morgan fingerprint density at radius 2 is 2.00 bits per heavy atom. The number of aromatic amines is 1. The first-order chi connectivity index (χ1) is 11.0. The van der Waals surface area contributed by atoms with Crippen molar-refractivity contribution in [2.24, 2.45) is 0 Å². The molecule has 116 valence electrons. The molecular formula is C16H13N3O4. The monoisotopic (exact) mass is 311 g/mol. The van der Waals surface area contributed by atoms with Crippen LogP contribution in [-0.2, 0) is 6.54 Å². The van der Waals surface area contributed by atoms with Crippen LogP contribution in [0.25, 0.3) is 10.9 Å². The first kappa shape index (κ1) is 14.7. The second kappa shape index (κ2) is 5.53. The number of rotatable bonds is 4. The van der Waals surface area contributed by atoms with Gasteiger partial charge in [0.2, 0.25) is 0 Å². The molecule has 7 heteroatoms. The quantitative estimate of drug-likeness (QED) is 0.454. The van der Waals surface area contributed by atoms with Crippen LogP contribution in [0.4, 0.5) is 5.69 Å². The van der Waals surface area contributed by atoms with Gasteiger partial charge in [0.1, 0.15) is 0 Å². The van der Waals surface area contributed by atoms with Crippen molar-refractivity contribution < 1.29 is 9.72 Å². The number of pyridine rings is 1. The van der Waals surface area contributed by atoms with E-state index in [1.165, 1.54) is 12.3 Å². The highest BCUT2D eigenvalue weighted by atomic mass is 16.6. The average Bonchev–Trinajstić information content (AvgIpc) is 2.84. The second-order valence-electron chi connectivity index (χ2n) is 5.18. The van der Waals surface area contributed by atoms with E-state index < -0.39 is 16.2 Å². The molecule has 0 saturated carbocycles. The van der Waals surface area contributed by atoms with Crippen molar-refractivity contribution in [2.75, 3.05) is 0 Å². The molecular weight excluding hydrogens is 298 g/mol. The maximum absolute atomic E-state index is 12.6. The van der Waals surface area contributed by atoms with E-state index in [1.54, 1.807) is 6.92 Å². The SMILES string of the molecule is Cc1[nH]c2ccccc2c1C(=O)Cn1cccc([N+](=O)[O-])c1=O. The molecule has 2 aromatic heterocycles. The molecule has 0 fully saturated rings. The minimum absolute atomic E-state index is 0.247. The summed E-state index contributed by atoms with van der Waals surface area (Å²) in [4.78, 5) is 37.8.